The molecule has 0 aliphatic carbocycles. The SMILES string of the molecule is CC(=O)O[C@@]1(COCc2ccccc2)CO[C@@H](C)C1C. The summed E-state index contributed by atoms with van der Waals surface area (Å²) in [4.78, 5) is 11.4. The highest BCUT2D eigenvalue weighted by molar-refractivity contribution is 5.66. The Morgan fingerprint density at radius 2 is 2.05 bits per heavy atom. The number of hydrogen-bond donors (Lipinski definition) is 0. The van der Waals surface area contributed by atoms with E-state index in [4.69, 9.17) is 14.2 Å². The molecule has 1 fully saturated rings. The Kier molecular flexibility index (Phi) is 4.78. The molecule has 1 aliphatic heterocycles. The van der Waals surface area contributed by atoms with E-state index in [1.54, 1.807) is 0 Å². The summed E-state index contributed by atoms with van der Waals surface area (Å²) in [5.41, 5.74) is 0.435. The molecule has 2 rings (SSSR count). The summed E-state index contributed by atoms with van der Waals surface area (Å²) in [6.45, 7) is 6.70. The average molecular weight is 278 g/mol. The predicted molar refractivity (Wildman–Crippen MR) is 75.2 cm³/mol. The summed E-state index contributed by atoms with van der Waals surface area (Å²) < 4.78 is 16.9. The van der Waals surface area contributed by atoms with Crippen molar-refractivity contribution in [2.24, 2.45) is 5.92 Å². The molecule has 0 bridgehead atoms. The van der Waals surface area contributed by atoms with E-state index in [1.807, 2.05) is 44.2 Å². The first-order valence-electron chi connectivity index (χ1n) is 6.96. The summed E-state index contributed by atoms with van der Waals surface area (Å²) in [5.74, 6) is -0.181. The smallest absolute Gasteiger partial charge is 0.303 e. The Hall–Kier alpha value is -1.39. The molecule has 0 aromatic heterocycles. The standard InChI is InChI=1S/C16H22O4/c1-12-13(2)19-11-16(12,20-14(3)17)10-18-9-15-7-5-4-6-8-15/h4-8,12-13H,9-11H2,1-3H3/t12?,13-,16-/m0/s1. The Bertz CT molecular complexity index is 445. The summed E-state index contributed by atoms with van der Waals surface area (Å²) in [5, 5.41) is 0. The first-order chi connectivity index (χ1) is 9.53. The van der Waals surface area contributed by atoms with Gasteiger partial charge in [-0.05, 0) is 12.5 Å². The molecule has 1 saturated heterocycles. The van der Waals surface area contributed by atoms with Crippen LogP contribution in [-0.4, -0.2) is 30.9 Å². The summed E-state index contributed by atoms with van der Waals surface area (Å²) in [7, 11) is 0. The second kappa shape index (κ2) is 6.37. The van der Waals surface area contributed by atoms with Gasteiger partial charge in [0.15, 0.2) is 5.60 Å². The van der Waals surface area contributed by atoms with Crippen LogP contribution in [0.4, 0.5) is 0 Å². The highest BCUT2D eigenvalue weighted by atomic mass is 16.6. The Morgan fingerprint density at radius 3 is 2.60 bits per heavy atom. The largest absolute Gasteiger partial charge is 0.454 e. The highest BCUT2D eigenvalue weighted by Crippen LogP contribution is 2.34. The van der Waals surface area contributed by atoms with Gasteiger partial charge in [0, 0.05) is 12.8 Å². The third kappa shape index (κ3) is 3.38. The second-order valence-corrected chi connectivity index (χ2v) is 5.44. The lowest BCUT2D eigenvalue weighted by atomic mass is 9.89. The van der Waals surface area contributed by atoms with Gasteiger partial charge >= 0.3 is 5.97 Å². The number of hydrogen-bond acceptors (Lipinski definition) is 4. The van der Waals surface area contributed by atoms with Crippen molar-refractivity contribution in [2.75, 3.05) is 13.2 Å². The zero-order chi connectivity index (χ0) is 14.6. The maximum Gasteiger partial charge on any atom is 0.303 e. The van der Waals surface area contributed by atoms with Gasteiger partial charge in [-0.2, -0.15) is 0 Å². The van der Waals surface area contributed by atoms with Crippen molar-refractivity contribution in [3.8, 4) is 0 Å². The lowest BCUT2D eigenvalue weighted by Crippen LogP contribution is -2.46. The molecule has 1 aliphatic rings. The fourth-order valence-electron chi connectivity index (χ4n) is 2.50. The minimum Gasteiger partial charge on any atom is -0.454 e. The van der Waals surface area contributed by atoms with Gasteiger partial charge in [0.25, 0.3) is 0 Å². The van der Waals surface area contributed by atoms with Crippen molar-refractivity contribution in [1.82, 2.24) is 0 Å². The molecule has 3 atom stereocenters. The summed E-state index contributed by atoms with van der Waals surface area (Å²) in [6, 6.07) is 9.94. The number of benzene rings is 1. The van der Waals surface area contributed by atoms with Crippen molar-refractivity contribution < 1.29 is 19.0 Å². The van der Waals surface area contributed by atoms with Crippen LogP contribution in [0.5, 0.6) is 0 Å². The van der Waals surface area contributed by atoms with E-state index in [2.05, 4.69) is 0 Å². The molecule has 1 aromatic carbocycles. The maximum absolute atomic E-state index is 11.4. The molecule has 0 amide bonds. The zero-order valence-electron chi connectivity index (χ0n) is 12.3. The lowest BCUT2D eigenvalue weighted by Gasteiger charge is -2.31. The van der Waals surface area contributed by atoms with Crippen LogP contribution in [0.25, 0.3) is 0 Å². The van der Waals surface area contributed by atoms with Crippen molar-refractivity contribution in [3.05, 3.63) is 35.9 Å². The first-order valence-corrected chi connectivity index (χ1v) is 6.96. The Morgan fingerprint density at radius 1 is 1.35 bits per heavy atom. The molecule has 1 unspecified atom stereocenters. The van der Waals surface area contributed by atoms with E-state index in [9.17, 15) is 4.79 Å². The molecule has 0 N–H and O–H groups in total. The summed E-state index contributed by atoms with van der Waals surface area (Å²) >= 11 is 0. The van der Waals surface area contributed by atoms with Crippen LogP contribution >= 0.6 is 0 Å². The monoisotopic (exact) mass is 278 g/mol. The van der Waals surface area contributed by atoms with Crippen molar-refractivity contribution in [2.45, 2.75) is 39.1 Å². The van der Waals surface area contributed by atoms with Crippen molar-refractivity contribution in [1.29, 1.82) is 0 Å². The lowest BCUT2D eigenvalue weighted by molar-refractivity contribution is -0.169. The number of carbonyl (C=O) groups is 1. The van der Waals surface area contributed by atoms with E-state index in [1.165, 1.54) is 6.92 Å². The van der Waals surface area contributed by atoms with Crippen molar-refractivity contribution >= 4 is 5.97 Å². The Labute approximate surface area is 120 Å². The molecular weight excluding hydrogens is 256 g/mol. The minimum atomic E-state index is -0.667. The van der Waals surface area contributed by atoms with Crippen LogP contribution in [0.15, 0.2) is 30.3 Å². The van der Waals surface area contributed by atoms with E-state index >= 15 is 0 Å². The normalized spacial score (nSPS) is 29.4. The Balaban J connectivity index is 1.97. The van der Waals surface area contributed by atoms with Crippen LogP contribution in [0, 0.1) is 5.92 Å². The maximum atomic E-state index is 11.4. The molecule has 0 saturated carbocycles. The first kappa shape index (κ1) is 15.0. The van der Waals surface area contributed by atoms with E-state index < -0.39 is 5.60 Å². The number of esters is 1. The van der Waals surface area contributed by atoms with Gasteiger partial charge in [-0.15, -0.1) is 0 Å². The quantitative estimate of drug-likeness (QED) is 0.776. The van der Waals surface area contributed by atoms with Crippen LogP contribution in [0.2, 0.25) is 0 Å². The van der Waals surface area contributed by atoms with Gasteiger partial charge in [0.05, 0.1) is 25.9 Å². The van der Waals surface area contributed by atoms with E-state index in [0.29, 0.717) is 19.8 Å². The predicted octanol–water partition coefficient (Wildman–Crippen LogP) is 2.56. The number of carbonyl (C=O) groups excluding carboxylic acids is 1. The fraction of sp³-hybridized carbons (Fsp3) is 0.562. The van der Waals surface area contributed by atoms with Gasteiger partial charge in [0.1, 0.15) is 0 Å². The van der Waals surface area contributed by atoms with Crippen LogP contribution < -0.4 is 0 Å². The topological polar surface area (TPSA) is 44.8 Å². The molecule has 4 heteroatoms. The molecule has 4 nitrogen and oxygen atoms in total. The van der Waals surface area contributed by atoms with Crippen LogP contribution in [0.3, 0.4) is 0 Å². The fourth-order valence-corrected chi connectivity index (χ4v) is 2.50. The second-order valence-electron chi connectivity index (χ2n) is 5.44. The van der Waals surface area contributed by atoms with Gasteiger partial charge in [-0.3, -0.25) is 4.79 Å². The highest BCUT2D eigenvalue weighted by Gasteiger charge is 2.48. The molecule has 110 valence electrons. The molecule has 20 heavy (non-hydrogen) atoms. The van der Waals surface area contributed by atoms with Gasteiger partial charge in [0.2, 0.25) is 0 Å². The van der Waals surface area contributed by atoms with Crippen molar-refractivity contribution in [3.63, 3.8) is 0 Å². The molecular formula is C16H22O4. The average Bonchev–Trinajstić information content (AvgIpc) is 2.68. The number of ether oxygens (including phenoxy) is 3. The third-order valence-corrected chi connectivity index (χ3v) is 3.93. The zero-order valence-corrected chi connectivity index (χ0v) is 12.3. The van der Waals surface area contributed by atoms with Crippen LogP contribution in [0.1, 0.15) is 26.3 Å². The minimum absolute atomic E-state index is 0.0645. The molecule has 1 heterocycles. The summed E-state index contributed by atoms with van der Waals surface area (Å²) in [6.07, 6.45) is 0.0645. The number of rotatable bonds is 5. The van der Waals surface area contributed by atoms with Gasteiger partial charge < -0.3 is 14.2 Å². The van der Waals surface area contributed by atoms with Crippen LogP contribution in [-0.2, 0) is 25.6 Å². The molecule has 0 radical (unpaired) electrons. The molecule has 1 aromatic rings. The van der Waals surface area contributed by atoms with Gasteiger partial charge in [-0.25, -0.2) is 0 Å². The third-order valence-electron chi connectivity index (χ3n) is 3.93. The van der Waals surface area contributed by atoms with E-state index in [-0.39, 0.29) is 18.0 Å². The van der Waals surface area contributed by atoms with Gasteiger partial charge in [-0.1, -0.05) is 37.3 Å². The van der Waals surface area contributed by atoms with E-state index in [0.717, 1.165) is 5.56 Å². The molecule has 0 spiro atoms.